The van der Waals surface area contributed by atoms with Crippen LogP contribution in [-0.2, 0) is 9.59 Å². The van der Waals surface area contributed by atoms with Gasteiger partial charge in [0.05, 0.1) is 5.75 Å². The molecule has 2 aromatic carbocycles. The van der Waals surface area contributed by atoms with Crippen LogP contribution in [0.4, 0.5) is 15.8 Å². The molecule has 136 valence electrons. The highest BCUT2D eigenvalue weighted by Gasteiger charge is 2.33. The lowest BCUT2D eigenvalue weighted by atomic mass is 10.1. The van der Waals surface area contributed by atoms with Gasteiger partial charge in [-0.3, -0.25) is 14.5 Å². The quantitative estimate of drug-likeness (QED) is 0.835. The highest BCUT2D eigenvalue weighted by Crippen LogP contribution is 2.41. The average Bonchev–Trinajstić information content (AvgIpc) is 2.97. The summed E-state index contributed by atoms with van der Waals surface area (Å²) in [6, 6.07) is 13.5. The highest BCUT2D eigenvalue weighted by molar-refractivity contribution is 8.00. The molecular formula is C20H21FN2O2S. The first-order valence-electron chi connectivity index (χ1n) is 8.53. The number of hydrogen-bond donors (Lipinski definition) is 1. The van der Waals surface area contributed by atoms with E-state index in [1.807, 2.05) is 38.1 Å². The van der Waals surface area contributed by atoms with E-state index in [0.717, 1.165) is 11.3 Å². The summed E-state index contributed by atoms with van der Waals surface area (Å²) in [5, 5.41) is 2.72. The molecule has 1 fully saturated rings. The molecule has 0 radical (unpaired) electrons. The van der Waals surface area contributed by atoms with Gasteiger partial charge in [-0.1, -0.05) is 26.0 Å². The van der Waals surface area contributed by atoms with Gasteiger partial charge in [0.15, 0.2) is 0 Å². The Morgan fingerprint density at radius 1 is 1.19 bits per heavy atom. The van der Waals surface area contributed by atoms with Crippen molar-refractivity contribution in [3.8, 4) is 0 Å². The van der Waals surface area contributed by atoms with Crippen LogP contribution in [0.2, 0.25) is 0 Å². The number of nitrogens with one attached hydrogen (secondary N) is 1. The van der Waals surface area contributed by atoms with E-state index in [4.69, 9.17) is 0 Å². The Balaban J connectivity index is 1.76. The van der Waals surface area contributed by atoms with E-state index in [-0.39, 0.29) is 23.0 Å². The standard InChI is InChI=1S/C20H21FN2O2S/c1-13(2)11-18(24)22-16-7-3-14(4-8-16)20-23(19(25)12-26-20)17-9-5-15(21)6-10-17/h3-10,13,20H,11-12H2,1-2H3,(H,22,24)/t20-/m1/s1. The Morgan fingerprint density at radius 3 is 2.46 bits per heavy atom. The van der Waals surface area contributed by atoms with E-state index in [9.17, 15) is 14.0 Å². The van der Waals surface area contributed by atoms with E-state index >= 15 is 0 Å². The third-order valence-electron chi connectivity index (χ3n) is 4.05. The van der Waals surface area contributed by atoms with Crippen LogP contribution in [0, 0.1) is 11.7 Å². The lowest BCUT2D eigenvalue weighted by Gasteiger charge is -2.24. The Morgan fingerprint density at radius 2 is 1.85 bits per heavy atom. The first-order valence-corrected chi connectivity index (χ1v) is 9.58. The number of amides is 2. The predicted molar refractivity (Wildman–Crippen MR) is 104 cm³/mol. The van der Waals surface area contributed by atoms with Crippen molar-refractivity contribution in [1.82, 2.24) is 0 Å². The molecule has 1 atom stereocenters. The second-order valence-electron chi connectivity index (χ2n) is 6.67. The van der Waals surface area contributed by atoms with Crippen molar-refractivity contribution < 1.29 is 14.0 Å². The van der Waals surface area contributed by atoms with E-state index < -0.39 is 0 Å². The molecule has 26 heavy (non-hydrogen) atoms. The van der Waals surface area contributed by atoms with Crippen molar-refractivity contribution in [2.24, 2.45) is 5.92 Å². The third kappa shape index (κ3) is 4.25. The number of carbonyl (C=O) groups excluding carboxylic acids is 2. The number of rotatable bonds is 5. The van der Waals surface area contributed by atoms with Gasteiger partial charge in [-0.25, -0.2) is 4.39 Å². The van der Waals surface area contributed by atoms with E-state index in [0.29, 0.717) is 23.8 Å². The molecule has 1 saturated heterocycles. The fraction of sp³-hybridized carbons (Fsp3) is 0.300. The maximum Gasteiger partial charge on any atom is 0.238 e. The molecule has 4 nitrogen and oxygen atoms in total. The summed E-state index contributed by atoms with van der Waals surface area (Å²) in [5.74, 6) is 0.354. The van der Waals surface area contributed by atoms with E-state index in [1.54, 1.807) is 17.0 Å². The Kier molecular flexibility index (Phi) is 5.61. The largest absolute Gasteiger partial charge is 0.326 e. The van der Waals surface area contributed by atoms with Gasteiger partial charge in [-0.2, -0.15) is 0 Å². The van der Waals surface area contributed by atoms with Crippen molar-refractivity contribution >= 4 is 35.0 Å². The van der Waals surface area contributed by atoms with Crippen LogP contribution in [-0.4, -0.2) is 17.6 Å². The predicted octanol–water partition coefficient (Wildman–Crippen LogP) is 4.59. The van der Waals surface area contributed by atoms with Gasteiger partial charge >= 0.3 is 0 Å². The van der Waals surface area contributed by atoms with E-state index in [1.165, 1.54) is 23.9 Å². The minimum Gasteiger partial charge on any atom is -0.326 e. The lowest BCUT2D eigenvalue weighted by molar-refractivity contribution is -0.117. The van der Waals surface area contributed by atoms with Crippen LogP contribution in [0.15, 0.2) is 48.5 Å². The van der Waals surface area contributed by atoms with Crippen molar-refractivity contribution in [3.05, 3.63) is 59.9 Å². The molecule has 0 aromatic heterocycles. The second kappa shape index (κ2) is 7.91. The maximum absolute atomic E-state index is 13.2. The fourth-order valence-electron chi connectivity index (χ4n) is 2.87. The molecule has 2 aromatic rings. The van der Waals surface area contributed by atoms with Crippen LogP contribution < -0.4 is 10.2 Å². The van der Waals surface area contributed by atoms with E-state index in [2.05, 4.69) is 5.32 Å². The van der Waals surface area contributed by atoms with Crippen molar-refractivity contribution in [3.63, 3.8) is 0 Å². The summed E-state index contributed by atoms with van der Waals surface area (Å²) < 4.78 is 13.2. The highest BCUT2D eigenvalue weighted by atomic mass is 32.2. The summed E-state index contributed by atoms with van der Waals surface area (Å²) in [6.45, 7) is 4.00. The number of carbonyl (C=O) groups is 2. The first-order chi connectivity index (χ1) is 12.4. The molecule has 1 N–H and O–H groups in total. The Bertz CT molecular complexity index is 790. The molecule has 1 aliphatic rings. The van der Waals surface area contributed by atoms with Crippen LogP contribution in [0.25, 0.3) is 0 Å². The number of hydrogen-bond acceptors (Lipinski definition) is 3. The number of nitrogens with zero attached hydrogens (tertiary/aromatic N) is 1. The summed E-state index contributed by atoms with van der Waals surface area (Å²) in [5.41, 5.74) is 2.38. The first kappa shape index (κ1) is 18.5. The summed E-state index contributed by atoms with van der Waals surface area (Å²) in [4.78, 5) is 25.9. The zero-order valence-electron chi connectivity index (χ0n) is 14.7. The summed E-state index contributed by atoms with van der Waals surface area (Å²) in [7, 11) is 0. The lowest BCUT2D eigenvalue weighted by Crippen LogP contribution is -2.27. The molecule has 2 amide bonds. The van der Waals surface area contributed by atoms with Gasteiger partial charge in [0, 0.05) is 17.8 Å². The minimum absolute atomic E-state index is 0.000853. The molecule has 6 heteroatoms. The van der Waals surface area contributed by atoms with Gasteiger partial charge in [-0.15, -0.1) is 11.8 Å². The van der Waals surface area contributed by atoms with Gasteiger partial charge < -0.3 is 5.32 Å². The maximum atomic E-state index is 13.2. The molecule has 0 spiro atoms. The smallest absolute Gasteiger partial charge is 0.238 e. The van der Waals surface area contributed by atoms with Crippen molar-refractivity contribution in [2.75, 3.05) is 16.0 Å². The monoisotopic (exact) mass is 372 g/mol. The van der Waals surface area contributed by atoms with Crippen LogP contribution in [0.1, 0.15) is 31.2 Å². The minimum atomic E-state index is -0.328. The van der Waals surface area contributed by atoms with Crippen molar-refractivity contribution in [2.45, 2.75) is 25.6 Å². The number of thioether (sulfide) groups is 1. The number of benzene rings is 2. The topological polar surface area (TPSA) is 49.4 Å². The summed E-state index contributed by atoms with van der Waals surface area (Å²) in [6.07, 6.45) is 0.479. The number of halogens is 1. The molecule has 1 heterocycles. The van der Waals surface area contributed by atoms with Crippen molar-refractivity contribution in [1.29, 1.82) is 0 Å². The Labute approximate surface area is 156 Å². The molecule has 3 rings (SSSR count). The molecule has 1 aliphatic heterocycles. The van der Waals surface area contributed by atoms with Gasteiger partial charge in [-0.05, 0) is 47.9 Å². The zero-order valence-corrected chi connectivity index (χ0v) is 15.6. The average molecular weight is 372 g/mol. The molecular weight excluding hydrogens is 351 g/mol. The molecule has 0 aliphatic carbocycles. The molecule has 0 unspecified atom stereocenters. The Hall–Kier alpha value is -2.34. The fourth-order valence-corrected chi connectivity index (χ4v) is 4.04. The SMILES string of the molecule is CC(C)CC(=O)Nc1ccc([C@H]2SCC(=O)N2c2ccc(F)cc2)cc1. The van der Waals surface area contributed by atoms with Crippen LogP contribution in [0.5, 0.6) is 0 Å². The van der Waals surface area contributed by atoms with Crippen LogP contribution in [0.3, 0.4) is 0 Å². The van der Waals surface area contributed by atoms with Gasteiger partial charge in [0.25, 0.3) is 0 Å². The van der Waals surface area contributed by atoms with Gasteiger partial charge in [0.2, 0.25) is 11.8 Å². The molecule has 0 saturated carbocycles. The van der Waals surface area contributed by atoms with Gasteiger partial charge in [0.1, 0.15) is 11.2 Å². The zero-order chi connectivity index (χ0) is 18.7. The normalized spacial score (nSPS) is 17.0. The van der Waals surface area contributed by atoms with Crippen LogP contribution >= 0.6 is 11.8 Å². The number of anilines is 2. The molecule has 0 bridgehead atoms. The summed E-state index contributed by atoms with van der Waals surface area (Å²) >= 11 is 1.53. The third-order valence-corrected chi connectivity index (χ3v) is 5.26. The second-order valence-corrected chi connectivity index (χ2v) is 7.74.